The van der Waals surface area contributed by atoms with E-state index in [1.165, 1.54) is 0 Å². The standard InChI is InChI=1S/C20H29NO4/c1-14-9-11-15(12-10-14)20(5,17(22)23)16-8-6-7-13-21(16)18(24)25-19(2,3)4/h9-12,16H,6-8,13H2,1-5H3,(H,22,23). The molecule has 2 rings (SSSR count). The fourth-order valence-corrected chi connectivity index (χ4v) is 3.43. The molecule has 0 spiro atoms. The lowest BCUT2D eigenvalue weighted by molar-refractivity contribution is -0.146. The first-order chi connectivity index (χ1) is 11.6. The molecule has 0 radical (unpaired) electrons. The Morgan fingerprint density at radius 3 is 2.24 bits per heavy atom. The van der Waals surface area contributed by atoms with Crippen LogP contribution >= 0.6 is 0 Å². The van der Waals surface area contributed by atoms with Crippen LogP contribution in [0.25, 0.3) is 0 Å². The number of nitrogens with zero attached hydrogens (tertiary/aromatic N) is 1. The van der Waals surface area contributed by atoms with Gasteiger partial charge in [0.2, 0.25) is 0 Å². The number of rotatable bonds is 3. The van der Waals surface area contributed by atoms with Crippen molar-refractivity contribution in [2.24, 2.45) is 0 Å². The molecule has 138 valence electrons. The first-order valence-corrected chi connectivity index (χ1v) is 8.86. The number of benzene rings is 1. The summed E-state index contributed by atoms with van der Waals surface area (Å²) in [6.07, 6.45) is 1.98. The van der Waals surface area contributed by atoms with E-state index in [2.05, 4.69) is 0 Å². The van der Waals surface area contributed by atoms with Crippen LogP contribution in [-0.2, 0) is 14.9 Å². The molecule has 5 heteroatoms. The molecule has 5 nitrogen and oxygen atoms in total. The van der Waals surface area contributed by atoms with Crippen molar-refractivity contribution in [1.29, 1.82) is 0 Å². The van der Waals surface area contributed by atoms with Gasteiger partial charge in [-0.25, -0.2) is 4.79 Å². The second-order valence-electron chi connectivity index (χ2n) is 8.06. The Morgan fingerprint density at radius 2 is 1.72 bits per heavy atom. The predicted molar refractivity (Wildman–Crippen MR) is 96.7 cm³/mol. The number of hydrogen-bond donors (Lipinski definition) is 1. The van der Waals surface area contributed by atoms with E-state index in [1.807, 2.05) is 52.0 Å². The topological polar surface area (TPSA) is 66.8 Å². The molecule has 1 N–H and O–H groups in total. The highest BCUT2D eigenvalue weighted by Crippen LogP contribution is 2.37. The molecule has 1 fully saturated rings. The molecule has 2 atom stereocenters. The molecule has 1 aromatic rings. The Hall–Kier alpha value is -2.04. The lowest BCUT2D eigenvalue weighted by Gasteiger charge is -2.44. The Morgan fingerprint density at radius 1 is 1.12 bits per heavy atom. The molecular weight excluding hydrogens is 318 g/mol. The highest BCUT2D eigenvalue weighted by molar-refractivity contribution is 5.83. The smallest absolute Gasteiger partial charge is 0.410 e. The van der Waals surface area contributed by atoms with Gasteiger partial charge in [-0.3, -0.25) is 4.79 Å². The summed E-state index contributed by atoms with van der Waals surface area (Å²) < 4.78 is 5.53. The summed E-state index contributed by atoms with van der Waals surface area (Å²) in [4.78, 5) is 26.6. The van der Waals surface area contributed by atoms with Crippen molar-refractivity contribution >= 4 is 12.1 Å². The average molecular weight is 347 g/mol. The molecule has 1 aromatic carbocycles. The maximum Gasteiger partial charge on any atom is 0.410 e. The van der Waals surface area contributed by atoms with Crippen LogP contribution in [0.4, 0.5) is 4.79 Å². The highest BCUT2D eigenvalue weighted by Gasteiger charge is 2.48. The van der Waals surface area contributed by atoms with Crippen molar-refractivity contribution in [3.05, 3.63) is 35.4 Å². The molecule has 1 amide bonds. The van der Waals surface area contributed by atoms with E-state index < -0.39 is 29.1 Å². The minimum atomic E-state index is -1.18. The lowest BCUT2D eigenvalue weighted by Crippen LogP contribution is -2.57. The number of ether oxygens (including phenoxy) is 1. The predicted octanol–water partition coefficient (Wildman–Crippen LogP) is 4.13. The van der Waals surface area contributed by atoms with Crippen molar-refractivity contribution in [1.82, 2.24) is 4.90 Å². The molecule has 1 aliphatic rings. The van der Waals surface area contributed by atoms with Crippen molar-refractivity contribution in [3.8, 4) is 0 Å². The third-order valence-electron chi connectivity index (χ3n) is 4.89. The molecular formula is C20H29NO4. The molecule has 0 bridgehead atoms. The monoisotopic (exact) mass is 347 g/mol. The Balaban J connectivity index is 2.41. The van der Waals surface area contributed by atoms with Crippen LogP contribution in [0.3, 0.4) is 0 Å². The molecule has 1 aliphatic heterocycles. The Kier molecular flexibility index (Phi) is 5.45. The first kappa shape index (κ1) is 19.3. The number of hydrogen-bond acceptors (Lipinski definition) is 3. The van der Waals surface area contributed by atoms with E-state index >= 15 is 0 Å². The summed E-state index contributed by atoms with van der Waals surface area (Å²) in [6.45, 7) is 9.66. The van der Waals surface area contributed by atoms with Crippen LogP contribution in [-0.4, -0.2) is 40.3 Å². The van der Waals surface area contributed by atoms with Crippen molar-refractivity contribution < 1.29 is 19.4 Å². The van der Waals surface area contributed by atoms with Crippen LogP contribution in [0.1, 0.15) is 58.1 Å². The molecule has 0 aliphatic carbocycles. The largest absolute Gasteiger partial charge is 0.481 e. The van der Waals surface area contributed by atoms with E-state index in [0.29, 0.717) is 18.5 Å². The average Bonchev–Trinajstić information content (AvgIpc) is 2.53. The van der Waals surface area contributed by atoms with Gasteiger partial charge >= 0.3 is 12.1 Å². The quantitative estimate of drug-likeness (QED) is 0.893. The van der Waals surface area contributed by atoms with Gasteiger partial charge in [-0.15, -0.1) is 0 Å². The number of piperidine rings is 1. The zero-order valence-electron chi connectivity index (χ0n) is 15.8. The number of carbonyl (C=O) groups is 2. The number of amides is 1. The van der Waals surface area contributed by atoms with Gasteiger partial charge in [0.1, 0.15) is 11.0 Å². The number of aliphatic carboxylic acids is 1. The lowest BCUT2D eigenvalue weighted by atomic mass is 9.72. The van der Waals surface area contributed by atoms with Gasteiger partial charge in [-0.1, -0.05) is 29.8 Å². The highest BCUT2D eigenvalue weighted by atomic mass is 16.6. The van der Waals surface area contributed by atoms with Gasteiger partial charge in [0.05, 0.1) is 6.04 Å². The van der Waals surface area contributed by atoms with Gasteiger partial charge in [0.25, 0.3) is 0 Å². The second-order valence-corrected chi connectivity index (χ2v) is 8.06. The van der Waals surface area contributed by atoms with E-state index in [4.69, 9.17) is 4.74 Å². The van der Waals surface area contributed by atoms with Gasteiger partial charge in [-0.2, -0.15) is 0 Å². The van der Waals surface area contributed by atoms with Crippen molar-refractivity contribution in [3.63, 3.8) is 0 Å². The molecule has 25 heavy (non-hydrogen) atoms. The summed E-state index contributed by atoms with van der Waals surface area (Å²) in [7, 11) is 0. The van der Waals surface area contributed by atoms with Crippen LogP contribution in [0, 0.1) is 6.92 Å². The van der Waals surface area contributed by atoms with Crippen LogP contribution in [0.5, 0.6) is 0 Å². The summed E-state index contributed by atoms with van der Waals surface area (Å²) in [5, 5.41) is 10.1. The van der Waals surface area contributed by atoms with Crippen LogP contribution < -0.4 is 0 Å². The normalized spacial score (nSPS) is 20.7. The summed E-state index contributed by atoms with van der Waals surface area (Å²) in [5.41, 5.74) is 0.00307. The van der Waals surface area contributed by atoms with E-state index in [-0.39, 0.29) is 0 Å². The van der Waals surface area contributed by atoms with E-state index in [1.54, 1.807) is 11.8 Å². The zero-order chi connectivity index (χ0) is 18.8. The summed E-state index contributed by atoms with van der Waals surface area (Å²) in [6, 6.07) is 7.10. The summed E-state index contributed by atoms with van der Waals surface area (Å²) in [5.74, 6) is -0.920. The maximum atomic E-state index is 12.7. The van der Waals surface area contributed by atoms with Crippen LogP contribution in [0.15, 0.2) is 24.3 Å². The number of carboxylic acid groups (broad SMARTS) is 1. The van der Waals surface area contributed by atoms with E-state index in [0.717, 1.165) is 18.4 Å². The molecule has 2 unspecified atom stereocenters. The zero-order valence-corrected chi connectivity index (χ0v) is 15.8. The fourth-order valence-electron chi connectivity index (χ4n) is 3.43. The fraction of sp³-hybridized carbons (Fsp3) is 0.600. The van der Waals surface area contributed by atoms with Gasteiger partial charge in [-0.05, 0) is 59.4 Å². The maximum absolute atomic E-state index is 12.7. The van der Waals surface area contributed by atoms with Crippen molar-refractivity contribution in [2.75, 3.05) is 6.54 Å². The van der Waals surface area contributed by atoms with Crippen LogP contribution in [0.2, 0.25) is 0 Å². The number of likely N-dealkylation sites (tertiary alicyclic amines) is 1. The molecule has 1 saturated heterocycles. The number of carbonyl (C=O) groups excluding carboxylic acids is 1. The third kappa shape index (κ3) is 4.14. The third-order valence-corrected chi connectivity index (χ3v) is 4.89. The van der Waals surface area contributed by atoms with Gasteiger partial charge in [0.15, 0.2) is 0 Å². The van der Waals surface area contributed by atoms with Gasteiger partial charge < -0.3 is 14.7 Å². The number of carboxylic acids is 1. The number of aryl methyl sites for hydroxylation is 1. The minimum Gasteiger partial charge on any atom is -0.481 e. The molecule has 1 heterocycles. The molecule has 0 aromatic heterocycles. The Bertz CT molecular complexity index is 632. The molecule has 0 saturated carbocycles. The first-order valence-electron chi connectivity index (χ1n) is 8.86. The van der Waals surface area contributed by atoms with Gasteiger partial charge in [0, 0.05) is 6.54 Å². The Labute approximate surface area is 150 Å². The van der Waals surface area contributed by atoms with E-state index in [9.17, 15) is 14.7 Å². The van der Waals surface area contributed by atoms with Crippen molar-refractivity contribution in [2.45, 2.75) is 70.9 Å². The second kappa shape index (κ2) is 7.06. The SMILES string of the molecule is Cc1ccc(C(C)(C(=O)O)C2CCCCN2C(=O)OC(C)(C)C)cc1. The summed E-state index contributed by atoms with van der Waals surface area (Å²) >= 11 is 0. The minimum absolute atomic E-state index is 0.434.